The van der Waals surface area contributed by atoms with E-state index in [-0.39, 0.29) is 11.8 Å². The van der Waals surface area contributed by atoms with Crippen LogP contribution in [-0.2, 0) is 4.79 Å². The van der Waals surface area contributed by atoms with Gasteiger partial charge in [0.2, 0.25) is 0 Å². The molecule has 2 aromatic rings. The van der Waals surface area contributed by atoms with E-state index in [1.165, 1.54) is 0 Å². The minimum absolute atomic E-state index is 0.0888. The monoisotopic (exact) mass is 339 g/mol. The Hall–Kier alpha value is -2.63. The Labute approximate surface area is 146 Å². The average molecular weight is 339 g/mol. The number of benzene rings is 1. The maximum absolute atomic E-state index is 13.1. The first-order chi connectivity index (χ1) is 12.1. The second-order valence-electron chi connectivity index (χ2n) is 7.00. The molecule has 1 amide bonds. The van der Waals surface area contributed by atoms with Gasteiger partial charge in [-0.25, -0.2) is 9.48 Å². The summed E-state index contributed by atoms with van der Waals surface area (Å²) in [7, 11) is 0. The third kappa shape index (κ3) is 2.62. The number of hydrogen-bond donors (Lipinski definition) is 1. The number of rotatable bonds is 3. The number of carbonyl (C=O) groups excluding carboxylic acids is 1. The van der Waals surface area contributed by atoms with Gasteiger partial charge in [-0.15, -0.1) is 0 Å². The van der Waals surface area contributed by atoms with Gasteiger partial charge in [-0.3, -0.25) is 4.79 Å². The SMILES string of the molecule is Cc1nn(-c2ccccc2)cc1C(=O)N1CC2CCCC2C1C(=O)O. The maximum Gasteiger partial charge on any atom is 0.326 e. The standard InChI is InChI=1S/C19H21N3O3/c1-12-16(11-22(20-12)14-7-3-2-4-8-14)18(23)21-10-13-6-5-9-15(13)17(21)19(24)25/h2-4,7-8,11,13,15,17H,5-6,9-10H2,1H3,(H,24,25). The number of nitrogens with zero attached hydrogens (tertiary/aromatic N) is 3. The molecule has 130 valence electrons. The lowest BCUT2D eigenvalue weighted by molar-refractivity contribution is -0.142. The number of para-hydroxylation sites is 1. The topological polar surface area (TPSA) is 75.4 Å². The number of fused-ring (bicyclic) bond motifs is 1. The average Bonchev–Trinajstić information content (AvgIpc) is 3.28. The molecule has 25 heavy (non-hydrogen) atoms. The second kappa shape index (κ2) is 6.02. The normalized spacial score (nSPS) is 25.2. The van der Waals surface area contributed by atoms with Crippen LogP contribution in [0, 0.1) is 18.8 Å². The molecule has 1 saturated heterocycles. The van der Waals surface area contributed by atoms with E-state index in [9.17, 15) is 14.7 Å². The van der Waals surface area contributed by atoms with E-state index in [1.807, 2.05) is 30.3 Å². The fraction of sp³-hybridized carbons (Fsp3) is 0.421. The summed E-state index contributed by atoms with van der Waals surface area (Å²) in [6.07, 6.45) is 4.68. The molecule has 2 fully saturated rings. The summed E-state index contributed by atoms with van der Waals surface area (Å²) in [5.74, 6) is -0.710. The van der Waals surface area contributed by atoms with Crippen molar-refractivity contribution >= 4 is 11.9 Å². The molecule has 1 saturated carbocycles. The van der Waals surface area contributed by atoms with Crippen molar-refractivity contribution in [2.75, 3.05) is 6.54 Å². The molecule has 2 aliphatic rings. The molecule has 2 heterocycles. The van der Waals surface area contributed by atoms with Gasteiger partial charge in [-0.2, -0.15) is 5.10 Å². The fourth-order valence-electron chi connectivity index (χ4n) is 4.37. The molecule has 0 bridgehead atoms. The van der Waals surface area contributed by atoms with Gasteiger partial charge in [-0.05, 0) is 43.7 Å². The zero-order valence-electron chi connectivity index (χ0n) is 14.1. The number of hydrogen-bond acceptors (Lipinski definition) is 3. The zero-order chi connectivity index (χ0) is 17.6. The van der Waals surface area contributed by atoms with E-state index in [1.54, 1.807) is 22.7 Å². The van der Waals surface area contributed by atoms with Crippen LogP contribution in [0.1, 0.15) is 35.3 Å². The number of aromatic nitrogens is 2. The van der Waals surface area contributed by atoms with Crippen molar-refractivity contribution in [3.8, 4) is 5.69 Å². The summed E-state index contributed by atoms with van der Waals surface area (Å²) in [6.45, 7) is 2.33. The van der Waals surface area contributed by atoms with E-state index in [0.29, 0.717) is 23.7 Å². The van der Waals surface area contributed by atoms with Gasteiger partial charge in [-0.1, -0.05) is 24.6 Å². The summed E-state index contributed by atoms with van der Waals surface area (Å²) >= 11 is 0. The largest absolute Gasteiger partial charge is 0.480 e. The molecule has 1 N–H and O–H groups in total. The Morgan fingerprint density at radius 1 is 1.20 bits per heavy atom. The third-order valence-corrected chi connectivity index (χ3v) is 5.55. The van der Waals surface area contributed by atoms with Crippen LogP contribution in [0.4, 0.5) is 0 Å². The van der Waals surface area contributed by atoms with Crippen LogP contribution in [0.15, 0.2) is 36.5 Å². The first kappa shape index (κ1) is 15.9. The highest BCUT2D eigenvalue weighted by Gasteiger charge is 2.49. The van der Waals surface area contributed by atoms with Crippen molar-refractivity contribution < 1.29 is 14.7 Å². The van der Waals surface area contributed by atoms with Crippen LogP contribution >= 0.6 is 0 Å². The van der Waals surface area contributed by atoms with E-state index in [2.05, 4.69) is 5.10 Å². The number of amides is 1. The molecular weight excluding hydrogens is 318 g/mol. The van der Waals surface area contributed by atoms with Gasteiger partial charge >= 0.3 is 5.97 Å². The molecule has 6 nitrogen and oxygen atoms in total. The Kier molecular flexibility index (Phi) is 3.82. The summed E-state index contributed by atoms with van der Waals surface area (Å²) in [5, 5.41) is 14.1. The molecule has 6 heteroatoms. The van der Waals surface area contributed by atoms with Gasteiger partial charge in [0.25, 0.3) is 5.91 Å². The zero-order valence-corrected chi connectivity index (χ0v) is 14.1. The van der Waals surface area contributed by atoms with Crippen LogP contribution in [0.3, 0.4) is 0 Å². The van der Waals surface area contributed by atoms with Gasteiger partial charge in [0.05, 0.1) is 16.9 Å². The summed E-state index contributed by atoms with van der Waals surface area (Å²) in [5.41, 5.74) is 1.97. The predicted octanol–water partition coefficient (Wildman–Crippen LogP) is 2.51. The van der Waals surface area contributed by atoms with Gasteiger partial charge < -0.3 is 10.0 Å². The van der Waals surface area contributed by atoms with Crippen LogP contribution < -0.4 is 0 Å². The molecule has 0 radical (unpaired) electrons. The minimum atomic E-state index is -0.893. The van der Waals surface area contributed by atoms with Crippen molar-refractivity contribution in [3.63, 3.8) is 0 Å². The number of likely N-dealkylation sites (tertiary alicyclic amines) is 1. The molecule has 0 spiro atoms. The maximum atomic E-state index is 13.1. The number of aliphatic carboxylic acids is 1. The number of carbonyl (C=O) groups is 2. The number of carboxylic acid groups (broad SMARTS) is 1. The van der Waals surface area contributed by atoms with E-state index in [4.69, 9.17) is 0 Å². The Bertz CT molecular complexity index is 815. The first-order valence-corrected chi connectivity index (χ1v) is 8.71. The van der Waals surface area contributed by atoms with Gasteiger partial charge in [0.15, 0.2) is 0 Å². The molecule has 1 aromatic heterocycles. The minimum Gasteiger partial charge on any atom is -0.480 e. The molecule has 3 atom stereocenters. The number of carboxylic acids is 1. The predicted molar refractivity (Wildman–Crippen MR) is 91.6 cm³/mol. The third-order valence-electron chi connectivity index (χ3n) is 5.55. The lowest BCUT2D eigenvalue weighted by atomic mass is 9.94. The Morgan fingerprint density at radius 3 is 2.68 bits per heavy atom. The molecule has 1 aliphatic heterocycles. The van der Waals surface area contributed by atoms with E-state index in [0.717, 1.165) is 24.9 Å². The number of aryl methyl sites for hydroxylation is 1. The van der Waals surface area contributed by atoms with Crippen molar-refractivity contribution in [1.82, 2.24) is 14.7 Å². The van der Waals surface area contributed by atoms with Crippen LogP contribution in [0.2, 0.25) is 0 Å². The summed E-state index contributed by atoms with van der Waals surface area (Å²) in [4.78, 5) is 26.4. The van der Waals surface area contributed by atoms with Crippen molar-refractivity contribution in [1.29, 1.82) is 0 Å². The fourth-order valence-corrected chi connectivity index (χ4v) is 4.37. The molecule has 1 aromatic carbocycles. The lowest BCUT2D eigenvalue weighted by Gasteiger charge is -2.24. The molecule has 1 aliphatic carbocycles. The van der Waals surface area contributed by atoms with Gasteiger partial charge in [0, 0.05) is 12.7 Å². The lowest BCUT2D eigenvalue weighted by Crippen LogP contribution is -2.43. The highest BCUT2D eigenvalue weighted by Crippen LogP contribution is 2.42. The first-order valence-electron chi connectivity index (χ1n) is 8.71. The van der Waals surface area contributed by atoms with Gasteiger partial charge in [0.1, 0.15) is 6.04 Å². The highest BCUT2D eigenvalue weighted by molar-refractivity contribution is 5.98. The van der Waals surface area contributed by atoms with Crippen LogP contribution in [0.5, 0.6) is 0 Å². The Balaban J connectivity index is 1.65. The van der Waals surface area contributed by atoms with E-state index < -0.39 is 12.0 Å². The van der Waals surface area contributed by atoms with E-state index >= 15 is 0 Å². The highest BCUT2D eigenvalue weighted by atomic mass is 16.4. The summed E-state index contributed by atoms with van der Waals surface area (Å²) in [6, 6.07) is 8.87. The van der Waals surface area contributed by atoms with Crippen molar-refractivity contribution in [2.45, 2.75) is 32.2 Å². The molecule has 3 unspecified atom stereocenters. The Morgan fingerprint density at radius 2 is 1.96 bits per heavy atom. The molecule has 4 rings (SSSR count). The molecular formula is C19H21N3O3. The van der Waals surface area contributed by atoms with Crippen LogP contribution in [-0.4, -0.2) is 44.3 Å². The van der Waals surface area contributed by atoms with Crippen molar-refractivity contribution in [2.24, 2.45) is 11.8 Å². The van der Waals surface area contributed by atoms with Crippen molar-refractivity contribution in [3.05, 3.63) is 47.8 Å². The van der Waals surface area contributed by atoms with Crippen LogP contribution in [0.25, 0.3) is 5.69 Å². The summed E-state index contributed by atoms with van der Waals surface area (Å²) < 4.78 is 1.68. The smallest absolute Gasteiger partial charge is 0.326 e. The quantitative estimate of drug-likeness (QED) is 0.932. The second-order valence-corrected chi connectivity index (χ2v) is 7.00.